The molecule has 3 aliphatic carbocycles. The quantitative estimate of drug-likeness (QED) is 0.0562. The smallest absolute Gasteiger partial charge is 0.387 e. The fraction of sp³-hybridized carbons (Fsp3) is 0.667. The molecule has 0 spiro atoms. The molecule has 735 valence electrons. The molecule has 6 aromatic rings. The number of carbonyl (C=O) groups is 6. The first-order valence-corrected chi connectivity index (χ1v) is 47.0. The summed E-state index contributed by atoms with van der Waals surface area (Å²) in [5.41, 5.74) is 1.61. The molecule has 27 nitrogen and oxygen atoms in total. The number of amides is 3. The Kier molecular flexibility index (Phi) is 37.2. The molecule has 6 bridgehead atoms. The Bertz CT molecular complexity index is 5170. The molecule has 135 heavy (non-hydrogen) atoms. The van der Waals surface area contributed by atoms with Crippen LogP contribution in [0.2, 0.25) is 0 Å². The van der Waals surface area contributed by atoms with Gasteiger partial charge in [-0.15, -0.1) is 0 Å². The standard InChI is InChI=1S/C34H44F2N3O6.C33H42F2N3O6.C32H40F2N3O6.3V/c1-20-27(19-40)39-18-28(20)44-30-25(37-24-14-13-22(43-32(35)36)16-26(24)38-30)12-8-6-7-10-21-11-9-15-34(21,5)45-29(41)17-23(31(39)42)33(2,3)4;1-19-26(18-39)38-17-28(19)44-30-24(36-23-14-13-21(42-32(34)35)15-25(23)37-30)11-7-5-6-9-20-10-8-12-27(20)43-29(40)16-22(31(38)41)33(2,3)4;1-18-25(17-38)37-16-26(18)42-28-23(35-22-12-11-20(41-30(33)34)13-24(22)36-28)10-8-6-7-9-19-15-32(19,5)43-27(39)14-21(29(37)40)31(2,3)4;;;/h13-14,16,20-21,23,27-28,32H,6-12,15,17-18H2,1-5H3;13-15,19-20,22,26-28,32H,5-12,16-17H2,1-4H3;11-13,18-19,21,25-26,30H,6-10,14-16H2,1-5H3;;;/q3*-1;;;/t20-,21+,23+,27+,28-,34+;19-,20+,22+,26+,27+,28-;18-,19+,21+,25+,26-,32+;;;/m000.../s1. The predicted octanol–water partition coefficient (Wildman–Crippen LogP) is 17.4. The minimum absolute atomic E-state index is 0. The van der Waals surface area contributed by atoms with Crippen molar-refractivity contribution in [3.8, 4) is 34.9 Å². The van der Waals surface area contributed by atoms with E-state index >= 15 is 0 Å². The number of aryl methyl sites for hydroxylation is 3. The number of esters is 3. The van der Waals surface area contributed by atoms with Gasteiger partial charge < -0.3 is 71.7 Å². The van der Waals surface area contributed by atoms with Gasteiger partial charge in [-0.25, -0.2) is 48.8 Å². The largest absolute Gasteiger partial charge is 0.540 e. The van der Waals surface area contributed by atoms with Crippen molar-refractivity contribution in [3.63, 3.8) is 0 Å². The summed E-state index contributed by atoms with van der Waals surface area (Å²) in [7, 11) is 0. The Balaban J connectivity index is 0.000000207. The third-order valence-corrected chi connectivity index (χ3v) is 28.7. The molecule has 6 fully saturated rings. The first-order valence-electron chi connectivity index (χ1n) is 47.0. The van der Waals surface area contributed by atoms with Crippen molar-refractivity contribution in [2.24, 2.45) is 69.5 Å². The molecule has 18 atom stereocenters. The Morgan fingerprint density at radius 1 is 0.385 bits per heavy atom. The molecule has 3 aromatic heterocycles. The molecule has 0 N–H and O–H groups in total. The molecule has 9 aliphatic rings. The molecule has 36 heteroatoms. The number of alkyl halides is 6. The zero-order valence-corrected chi connectivity index (χ0v) is 83.6. The second kappa shape index (κ2) is 46.2. The number of halogens is 6. The van der Waals surface area contributed by atoms with Crippen LogP contribution in [0.15, 0.2) is 54.6 Å². The Labute approximate surface area is 821 Å². The topological polar surface area (TPSA) is 324 Å². The Hall–Kier alpha value is -8.36. The Morgan fingerprint density at radius 3 is 1.06 bits per heavy atom. The van der Waals surface area contributed by atoms with E-state index in [4.69, 9.17) is 43.4 Å². The first kappa shape index (κ1) is 109. The maximum Gasteiger partial charge on any atom is 0.387 e. The van der Waals surface area contributed by atoms with Gasteiger partial charge >= 0.3 is 37.7 Å². The van der Waals surface area contributed by atoms with Crippen molar-refractivity contribution >= 4 is 87.6 Å². The summed E-state index contributed by atoms with van der Waals surface area (Å²) in [6, 6.07) is 10.6. The second-order valence-electron chi connectivity index (χ2n) is 41.2. The van der Waals surface area contributed by atoms with Crippen LogP contribution in [0.3, 0.4) is 0 Å². The van der Waals surface area contributed by atoms with Crippen molar-refractivity contribution in [2.75, 3.05) is 19.6 Å². The van der Waals surface area contributed by atoms with Crippen LogP contribution >= 0.6 is 0 Å². The molecule has 0 unspecified atom stereocenters. The summed E-state index contributed by atoms with van der Waals surface area (Å²) in [4.78, 5) is 151. The number of hydrogen-bond donors (Lipinski definition) is 0. The Morgan fingerprint density at radius 2 is 0.711 bits per heavy atom. The van der Waals surface area contributed by atoms with Crippen LogP contribution < -0.4 is 28.4 Å². The van der Waals surface area contributed by atoms with Crippen molar-refractivity contribution in [1.29, 1.82) is 0 Å². The zero-order valence-electron chi connectivity index (χ0n) is 79.4. The number of hydrogen-bond acceptors (Lipinski definition) is 24. The van der Waals surface area contributed by atoms with E-state index in [-0.39, 0.29) is 171 Å². The summed E-state index contributed by atoms with van der Waals surface area (Å²) in [6.07, 6.45) is 22.9. The number of fused-ring (bicyclic) bond motifs is 15. The van der Waals surface area contributed by atoms with Gasteiger partial charge in [0.05, 0.1) is 89.8 Å². The maximum atomic E-state index is 14.1. The van der Waals surface area contributed by atoms with E-state index in [2.05, 4.69) is 29.2 Å². The van der Waals surface area contributed by atoms with Gasteiger partial charge in [0.25, 0.3) is 0 Å². The van der Waals surface area contributed by atoms with Crippen LogP contribution in [0, 0.1) is 69.5 Å². The van der Waals surface area contributed by atoms with E-state index in [1.54, 1.807) is 18.2 Å². The number of rotatable bonds is 9. The average molecular weight is 2000 g/mol. The zero-order chi connectivity index (χ0) is 95.2. The van der Waals surface area contributed by atoms with E-state index in [0.29, 0.717) is 75.4 Å². The molecule has 3 amide bonds. The van der Waals surface area contributed by atoms with E-state index in [9.17, 15) is 69.5 Å². The van der Waals surface area contributed by atoms with Crippen LogP contribution in [-0.4, -0.2) is 192 Å². The molecule has 3 saturated heterocycles. The molecule has 15 rings (SSSR count). The van der Waals surface area contributed by atoms with E-state index in [0.717, 1.165) is 122 Å². The summed E-state index contributed by atoms with van der Waals surface area (Å²) in [5.74, 6) is -4.17. The molecule has 6 aliphatic heterocycles. The fourth-order valence-electron chi connectivity index (χ4n) is 20.5. The number of ether oxygens (including phenoxy) is 9. The van der Waals surface area contributed by atoms with Crippen molar-refractivity contribution < 1.29 is 168 Å². The van der Waals surface area contributed by atoms with Gasteiger partial charge in [0, 0.05) is 79.8 Å². The fourth-order valence-corrected chi connectivity index (χ4v) is 20.5. The average Bonchev–Trinajstić information content (AvgIpc) is 1.68. The van der Waals surface area contributed by atoms with E-state index in [1.165, 1.54) is 51.1 Å². The van der Waals surface area contributed by atoms with E-state index < -0.39 is 131 Å². The van der Waals surface area contributed by atoms with Crippen LogP contribution in [0.4, 0.5) is 26.3 Å². The van der Waals surface area contributed by atoms with Crippen molar-refractivity contribution in [2.45, 2.75) is 331 Å². The van der Waals surface area contributed by atoms with Crippen LogP contribution in [0.1, 0.15) is 255 Å². The van der Waals surface area contributed by atoms with Crippen molar-refractivity contribution in [1.82, 2.24) is 44.6 Å². The van der Waals surface area contributed by atoms with Crippen LogP contribution in [0.25, 0.3) is 33.1 Å². The van der Waals surface area contributed by atoms with E-state index in [1.807, 2.05) is 116 Å². The van der Waals surface area contributed by atoms with Gasteiger partial charge in [-0.1, -0.05) is 140 Å². The van der Waals surface area contributed by atoms with Gasteiger partial charge in [0.1, 0.15) is 69.9 Å². The summed E-state index contributed by atoms with van der Waals surface area (Å²) in [5, 5.41) is 0. The summed E-state index contributed by atoms with van der Waals surface area (Å²) >= 11 is 0. The molecule has 9 heterocycles. The molecule has 3 saturated carbocycles. The maximum absolute atomic E-state index is 14.1. The SMILES string of the molecule is C[C@@H]1[C@@H]2CN(C(=O)[C@H](C(C)(C)C)CC(=O)O[C@@H]3CCC[C@H]3CCCCCc3nc4ccc(OC(F)F)cc4nc3O2)[C@@H]1[C-]=O.C[C@@H]1[C@@H]2CN(C(=O)[C@H](C(C)(C)C)CC(=O)O[C@]3(C)CCC[C@H]3CCCCCc3nc4ccc(OC(F)F)cc4nc3O2)[C@@H]1[C-]=O.C[C@@H]1[C@@H]2CN(C(=O)[C@H](C(C)(C)C)CC(=O)O[C@]3(C)C[C@H]3CCCCCc3nc4ccc(OC(F)F)cc4nc3O2)[C@@H]1[C-]=O.[V].[V].[V]. The molecular formula is C99H126F6N9O18V3-3. The van der Waals surface area contributed by atoms with Crippen molar-refractivity contribution in [3.05, 3.63) is 71.7 Å². The normalized spacial score (nSPS) is 29.2. The third-order valence-electron chi connectivity index (χ3n) is 28.7. The summed E-state index contributed by atoms with van der Waals surface area (Å²) < 4.78 is 128. The van der Waals surface area contributed by atoms with Gasteiger partial charge in [0.2, 0.25) is 35.4 Å². The molecule has 3 radical (unpaired) electrons. The monoisotopic (exact) mass is 2000 g/mol. The number of carbonyl (C=O) groups excluding carboxylic acids is 9. The molecular weight excluding hydrogens is 1870 g/mol. The third kappa shape index (κ3) is 26.6. The second-order valence-corrected chi connectivity index (χ2v) is 41.2. The van der Waals surface area contributed by atoms with Gasteiger partial charge in [-0.3, -0.25) is 28.8 Å². The number of nitrogens with zero attached hydrogens (tertiary/aromatic N) is 9. The van der Waals surface area contributed by atoms with Crippen LogP contribution in [0.5, 0.6) is 34.9 Å². The molecule has 3 aromatic carbocycles. The number of benzene rings is 3. The predicted molar refractivity (Wildman–Crippen MR) is 474 cm³/mol. The van der Waals surface area contributed by atoms with Gasteiger partial charge in [-0.2, -0.15) is 26.3 Å². The van der Waals surface area contributed by atoms with Gasteiger partial charge in [-0.05, 0) is 199 Å². The summed E-state index contributed by atoms with van der Waals surface area (Å²) in [6.45, 7) is 17.9. The first-order chi connectivity index (χ1) is 62.5. The minimum Gasteiger partial charge on any atom is -0.540 e. The number of aromatic nitrogens is 6. The minimum atomic E-state index is -2.98. The van der Waals surface area contributed by atoms with Gasteiger partial charge in [0.15, 0.2) is 0 Å². The van der Waals surface area contributed by atoms with Crippen LogP contribution in [-0.2, 0) is 132 Å².